The van der Waals surface area contributed by atoms with Crippen LogP contribution in [0.15, 0.2) is 18.2 Å². The third kappa shape index (κ3) is 2.94. The summed E-state index contributed by atoms with van der Waals surface area (Å²) < 4.78 is 5.50. The van der Waals surface area contributed by atoms with Gasteiger partial charge in [0.2, 0.25) is 0 Å². The maximum Gasteiger partial charge on any atom is 0.169 e. The molecule has 1 spiro atoms. The van der Waals surface area contributed by atoms with Crippen LogP contribution in [0.4, 0.5) is 0 Å². The minimum atomic E-state index is -0.110. The molecule has 2 fully saturated rings. The highest BCUT2D eigenvalue weighted by molar-refractivity contribution is 6.05. The molecule has 2 nitrogen and oxygen atoms in total. The molecule has 2 saturated carbocycles. The van der Waals surface area contributed by atoms with Gasteiger partial charge in [0.05, 0.1) is 6.10 Å². The lowest BCUT2D eigenvalue weighted by Gasteiger charge is -2.35. The topological polar surface area (TPSA) is 26.3 Å². The third-order valence-electron chi connectivity index (χ3n) is 6.90. The average molecular weight is 326 g/mol. The Bertz CT molecular complexity index is 604. The van der Waals surface area contributed by atoms with Gasteiger partial charge < -0.3 is 4.74 Å². The van der Waals surface area contributed by atoms with E-state index in [1.165, 1.54) is 49.7 Å². The average Bonchev–Trinajstić information content (AvgIpc) is 2.89. The second kappa shape index (κ2) is 6.63. The van der Waals surface area contributed by atoms with Gasteiger partial charge in [0.15, 0.2) is 5.78 Å². The molecule has 4 rings (SSSR count). The van der Waals surface area contributed by atoms with Gasteiger partial charge in [-0.25, -0.2) is 0 Å². The Kier molecular flexibility index (Phi) is 4.51. The Hall–Kier alpha value is -1.15. The normalized spacial score (nSPS) is 30.7. The van der Waals surface area contributed by atoms with Crippen molar-refractivity contribution in [2.45, 2.75) is 76.7 Å². The zero-order valence-electron chi connectivity index (χ0n) is 15.0. The summed E-state index contributed by atoms with van der Waals surface area (Å²) in [5.74, 6) is 1.26. The molecule has 0 aliphatic heterocycles. The highest BCUT2D eigenvalue weighted by Gasteiger charge is 2.47. The van der Waals surface area contributed by atoms with Crippen LogP contribution in [0.2, 0.25) is 0 Å². The zero-order valence-corrected chi connectivity index (χ0v) is 15.0. The Labute approximate surface area is 146 Å². The standard InChI is InChI=1S/C22H30O2/c1-24-19-9-11-22(12-10-19)15-18-8-7-17(14-20(18)21(22)23)13-16-5-3-2-4-6-16/h7-8,14,16,19H,2-6,9-13,15H2,1H3. The predicted molar refractivity (Wildman–Crippen MR) is 96.5 cm³/mol. The van der Waals surface area contributed by atoms with Crippen LogP contribution in [-0.2, 0) is 17.6 Å². The summed E-state index contributed by atoms with van der Waals surface area (Å²) in [6, 6.07) is 6.78. The van der Waals surface area contributed by atoms with Gasteiger partial charge in [0.1, 0.15) is 0 Å². The van der Waals surface area contributed by atoms with Crippen molar-refractivity contribution < 1.29 is 9.53 Å². The quantitative estimate of drug-likeness (QED) is 0.770. The fourth-order valence-corrected chi connectivity index (χ4v) is 5.35. The van der Waals surface area contributed by atoms with E-state index in [9.17, 15) is 4.79 Å². The number of carbonyl (C=O) groups is 1. The van der Waals surface area contributed by atoms with Crippen molar-refractivity contribution in [1.29, 1.82) is 0 Å². The molecule has 24 heavy (non-hydrogen) atoms. The number of carbonyl (C=O) groups excluding carboxylic acids is 1. The highest BCUT2D eigenvalue weighted by Crippen LogP contribution is 2.48. The molecule has 3 aliphatic carbocycles. The number of fused-ring (bicyclic) bond motifs is 1. The first kappa shape index (κ1) is 16.3. The largest absolute Gasteiger partial charge is 0.381 e. The molecule has 1 aromatic rings. The number of Topliss-reactive ketones (excluding diaryl/α,β-unsaturated/α-hetero) is 1. The van der Waals surface area contributed by atoms with Crippen molar-refractivity contribution in [3.05, 3.63) is 34.9 Å². The Balaban J connectivity index is 1.50. The van der Waals surface area contributed by atoms with Crippen LogP contribution < -0.4 is 0 Å². The minimum absolute atomic E-state index is 0.110. The van der Waals surface area contributed by atoms with Crippen LogP contribution in [0.25, 0.3) is 0 Å². The van der Waals surface area contributed by atoms with Gasteiger partial charge in [-0.1, -0.05) is 44.2 Å². The number of benzene rings is 1. The van der Waals surface area contributed by atoms with Gasteiger partial charge in [-0.05, 0) is 61.6 Å². The SMILES string of the molecule is COC1CCC2(CC1)Cc1ccc(CC3CCCCC3)cc1C2=O. The van der Waals surface area contributed by atoms with Crippen LogP contribution in [0, 0.1) is 11.3 Å². The van der Waals surface area contributed by atoms with Gasteiger partial charge >= 0.3 is 0 Å². The van der Waals surface area contributed by atoms with E-state index < -0.39 is 0 Å². The number of rotatable bonds is 3. The summed E-state index contributed by atoms with van der Waals surface area (Å²) in [6.07, 6.45) is 13.5. The lowest BCUT2D eigenvalue weighted by Crippen LogP contribution is -2.35. The van der Waals surface area contributed by atoms with Crippen molar-refractivity contribution in [3.63, 3.8) is 0 Å². The molecule has 0 atom stereocenters. The molecule has 130 valence electrons. The molecule has 2 heteroatoms. The van der Waals surface area contributed by atoms with Crippen molar-refractivity contribution in [3.8, 4) is 0 Å². The number of hydrogen-bond donors (Lipinski definition) is 0. The number of hydrogen-bond acceptors (Lipinski definition) is 2. The second-order valence-corrected chi connectivity index (χ2v) is 8.42. The molecule has 0 N–H and O–H groups in total. The monoisotopic (exact) mass is 326 g/mol. The molecule has 0 aromatic heterocycles. The molecule has 1 aromatic carbocycles. The number of ether oxygens (including phenoxy) is 1. The zero-order chi connectivity index (χ0) is 16.6. The van der Waals surface area contributed by atoms with Crippen LogP contribution in [0.5, 0.6) is 0 Å². The molecule has 0 unspecified atom stereocenters. The summed E-state index contributed by atoms with van der Waals surface area (Å²) in [5.41, 5.74) is 3.61. The highest BCUT2D eigenvalue weighted by atomic mass is 16.5. The first-order valence-electron chi connectivity index (χ1n) is 9.90. The van der Waals surface area contributed by atoms with Gasteiger partial charge in [-0.15, -0.1) is 0 Å². The van der Waals surface area contributed by atoms with E-state index in [1.807, 2.05) is 0 Å². The molecule has 0 heterocycles. The minimum Gasteiger partial charge on any atom is -0.381 e. The lowest BCUT2D eigenvalue weighted by atomic mass is 9.70. The molecule has 0 radical (unpaired) electrons. The van der Waals surface area contributed by atoms with Crippen molar-refractivity contribution in [2.24, 2.45) is 11.3 Å². The number of methoxy groups -OCH3 is 1. The molecule has 3 aliphatic rings. The van der Waals surface area contributed by atoms with Crippen molar-refractivity contribution >= 4 is 5.78 Å². The molecular formula is C22H30O2. The second-order valence-electron chi connectivity index (χ2n) is 8.42. The Morgan fingerprint density at radius 1 is 1.08 bits per heavy atom. The first-order valence-corrected chi connectivity index (χ1v) is 9.90. The van der Waals surface area contributed by atoms with Gasteiger partial charge in [-0.3, -0.25) is 4.79 Å². The summed E-state index contributed by atoms with van der Waals surface area (Å²) in [6.45, 7) is 0. The molecule has 0 amide bonds. The fraction of sp³-hybridized carbons (Fsp3) is 0.682. The smallest absolute Gasteiger partial charge is 0.169 e. The van der Waals surface area contributed by atoms with Gasteiger partial charge in [0, 0.05) is 18.1 Å². The van der Waals surface area contributed by atoms with Crippen molar-refractivity contribution in [2.75, 3.05) is 7.11 Å². The van der Waals surface area contributed by atoms with Gasteiger partial charge in [0.25, 0.3) is 0 Å². The summed E-state index contributed by atoms with van der Waals surface area (Å²) in [4.78, 5) is 13.2. The lowest BCUT2D eigenvalue weighted by molar-refractivity contribution is 0.0285. The van der Waals surface area contributed by atoms with E-state index in [0.29, 0.717) is 11.9 Å². The van der Waals surface area contributed by atoms with E-state index >= 15 is 0 Å². The molecular weight excluding hydrogens is 296 g/mol. The van der Waals surface area contributed by atoms with Gasteiger partial charge in [-0.2, -0.15) is 0 Å². The summed E-state index contributed by atoms with van der Waals surface area (Å²) in [7, 11) is 1.80. The Morgan fingerprint density at radius 3 is 2.54 bits per heavy atom. The fourth-order valence-electron chi connectivity index (χ4n) is 5.35. The summed E-state index contributed by atoms with van der Waals surface area (Å²) >= 11 is 0. The van der Waals surface area contributed by atoms with Crippen LogP contribution in [-0.4, -0.2) is 19.0 Å². The van der Waals surface area contributed by atoms with Crippen LogP contribution in [0.3, 0.4) is 0 Å². The van der Waals surface area contributed by atoms with E-state index in [1.54, 1.807) is 7.11 Å². The van der Waals surface area contributed by atoms with Crippen molar-refractivity contribution in [1.82, 2.24) is 0 Å². The predicted octanol–water partition coefficient (Wildman–Crippen LogP) is 5.12. The molecule has 0 bridgehead atoms. The van der Waals surface area contributed by atoms with Crippen LogP contribution >= 0.6 is 0 Å². The maximum absolute atomic E-state index is 13.2. The Morgan fingerprint density at radius 2 is 1.83 bits per heavy atom. The third-order valence-corrected chi connectivity index (χ3v) is 6.90. The number of ketones is 1. The summed E-state index contributed by atoms with van der Waals surface area (Å²) in [5, 5.41) is 0. The van der Waals surface area contributed by atoms with E-state index in [0.717, 1.165) is 43.6 Å². The maximum atomic E-state index is 13.2. The van der Waals surface area contributed by atoms with E-state index in [2.05, 4.69) is 18.2 Å². The molecule has 0 saturated heterocycles. The first-order chi connectivity index (χ1) is 11.7. The van der Waals surface area contributed by atoms with E-state index in [-0.39, 0.29) is 5.41 Å². The van der Waals surface area contributed by atoms with E-state index in [4.69, 9.17) is 4.74 Å². The van der Waals surface area contributed by atoms with Crippen LogP contribution in [0.1, 0.15) is 79.3 Å².